The Morgan fingerprint density at radius 1 is 1.07 bits per heavy atom. The minimum atomic E-state index is -0.0377. The van der Waals surface area contributed by atoms with Crippen molar-refractivity contribution in [3.05, 3.63) is 36.0 Å². The van der Waals surface area contributed by atoms with Crippen LogP contribution in [0.2, 0.25) is 0 Å². The first-order chi connectivity index (χ1) is 14.0. The summed E-state index contributed by atoms with van der Waals surface area (Å²) in [4.78, 5) is 29.3. The molecule has 4 rings (SSSR count). The fraction of sp³-hybridized carbons (Fsp3) is 0.500. The van der Waals surface area contributed by atoms with E-state index in [0.29, 0.717) is 0 Å². The van der Waals surface area contributed by atoms with Gasteiger partial charge in [0, 0.05) is 50.6 Å². The second-order valence-corrected chi connectivity index (χ2v) is 8.47. The fourth-order valence-electron chi connectivity index (χ4n) is 4.70. The van der Waals surface area contributed by atoms with Crippen LogP contribution in [-0.2, 0) is 11.8 Å². The van der Waals surface area contributed by atoms with Gasteiger partial charge in [0.15, 0.2) is 0 Å². The summed E-state index contributed by atoms with van der Waals surface area (Å²) in [6.07, 6.45) is 4.68. The van der Waals surface area contributed by atoms with Crippen molar-refractivity contribution >= 4 is 22.7 Å². The highest BCUT2D eigenvalue weighted by Crippen LogP contribution is 2.40. The van der Waals surface area contributed by atoms with E-state index in [2.05, 4.69) is 18.8 Å². The Hall–Kier alpha value is -2.74. The first kappa shape index (κ1) is 19.6. The van der Waals surface area contributed by atoms with Crippen molar-refractivity contribution in [2.24, 2.45) is 12.5 Å². The maximum absolute atomic E-state index is 13.1. The number of rotatable bonds is 2. The van der Waals surface area contributed by atoms with Crippen LogP contribution in [-0.4, -0.2) is 52.4 Å². The van der Waals surface area contributed by atoms with E-state index in [1.807, 2.05) is 51.7 Å². The summed E-state index contributed by atoms with van der Waals surface area (Å²) in [5.74, 6) is 5.82. The zero-order valence-corrected chi connectivity index (χ0v) is 17.4. The van der Waals surface area contributed by atoms with Gasteiger partial charge in [-0.1, -0.05) is 31.0 Å². The zero-order valence-electron chi connectivity index (χ0n) is 17.4. The molecule has 0 aliphatic carbocycles. The highest BCUT2D eigenvalue weighted by atomic mass is 16.2. The molecule has 0 radical (unpaired) electrons. The summed E-state index contributed by atoms with van der Waals surface area (Å²) in [6.45, 7) is 5.14. The molecule has 0 atom stereocenters. The Morgan fingerprint density at radius 2 is 1.76 bits per heavy atom. The van der Waals surface area contributed by atoms with Crippen LogP contribution in [0, 0.1) is 17.3 Å². The van der Waals surface area contributed by atoms with Crippen LogP contribution in [0.4, 0.5) is 0 Å². The largest absolute Gasteiger partial charge is 0.340 e. The lowest BCUT2D eigenvalue weighted by atomic mass is 9.77. The molecule has 2 aliphatic heterocycles. The number of hydrogen-bond donors (Lipinski definition) is 0. The quantitative estimate of drug-likeness (QED) is 0.736. The fourth-order valence-corrected chi connectivity index (χ4v) is 4.70. The number of aryl methyl sites for hydroxylation is 1. The molecule has 1 spiro atoms. The van der Waals surface area contributed by atoms with Crippen molar-refractivity contribution in [2.75, 3.05) is 26.2 Å². The second kappa shape index (κ2) is 7.94. The molecule has 29 heavy (non-hydrogen) atoms. The van der Waals surface area contributed by atoms with Gasteiger partial charge in [0.2, 0.25) is 0 Å². The van der Waals surface area contributed by atoms with Crippen LogP contribution in [0.5, 0.6) is 0 Å². The lowest BCUT2D eigenvalue weighted by Crippen LogP contribution is -2.45. The summed E-state index contributed by atoms with van der Waals surface area (Å²) < 4.78 is 1.99. The van der Waals surface area contributed by atoms with Crippen molar-refractivity contribution < 1.29 is 9.59 Å². The number of likely N-dealkylation sites (tertiary alicyclic amines) is 2. The number of hydrogen-bond acceptors (Lipinski definition) is 2. The lowest BCUT2D eigenvalue weighted by Gasteiger charge is -2.39. The number of carbonyl (C=O) groups is 2. The smallest absolute Gasteiger partial charge is 0.298 e. The molecule has 0 unspecified atom stereocenters. The molecule has 1 aromatic carbocycles. The molecule has 5 heteroatoms. The molecule has 0 bridgehead atoms. The van der Waals surface area contributed by atoms with Gasteiger partial charge in [0.1, 0.15) is 5.69 Å². The van der Waals surface area contributed by atoms with E-state index in [-0.39, 0.29) is 17.2 Å². The topological polar surface area (TPSA) is 45.6 Å². The lowest BCUT2D eigenvalue weighted by molar-refractivity contribution is -0.124. The monoisotopic (exact) mass is 391 g/mol. The number of amides is 2. The molecule has 5 nitrogen and oxygen atoms in total. The van der Waals surface area contributed by atoms with Crippen LogP contribution >= 0.6 is 0 Å². The zero-order chi connectivity index (χ0) is 20.4. The molecule has 2 aliphatic rings. The van der Waals surface area contributed by atoms with Crippen LogP contribution in [0.1, 0.15) is 49.5 Å². The van der Waals surface area contributed by atoms with Gasteiger partial charge in [-0.25, -0.2) is 0 Å². The standard InChI is InChI=1S/C24H29N3O2/c1-3-4-5-10-22(28)27-16-13-24(18-27)11-14-26(15-12-24)23(29)21-17-19-8-6-7-9-20(19)25(21)2/h6-9,17H,3-4,11-16,18H2,1-2H3. The Bertz CT molecular complexity index is 986. The van der Waals surface area contributed by atoms with Gasteiger partial charge in [-0.3, -0.25) is 9.59 Å². The molecule has 152 valence electrons. The number of benzene rings is 1. The SMILES string of the molecule is CCCC#CC(=O)N1CCC2(CCN(C(=O)c3cc4ccccc4n3C)CC2)C1. The molecule has 2 amide bonds. The second-order valence-electron chi connectivity index (χ2n) is 8.47. The molecular formula is C24H29N3O2. The van der Waals surface area contributed by atoms with Crippen LogP contribution < -0.4 is 0 Å². The third-order valence-corrected chi connectivity index (χ3v) is 6.58. The van der Waals surface area contributed by atoms with Gasteiger partial charge < -0.3 is 14.4 Å². The number of para-hydroxylation sites is 1. The van der Waals surface area contributed by atoms with Crippen LogP contribution in [0.15, 0.2) is 30.3 Å². The predicted molar refractivity (Wildman–Crippen MR) is 114 cm³/mol. The molecule has 1 aromatic heterocycles. The Kier molecular flexibility index (Phi) is 5.36. The Balaban J connectivity index is 1.39. The van der Waals surface area contributed by atoms with E-state index in [4.69, 9.17) is 0 Å². The number of nitrogens with zero attached hydrogens (tertiary/aromatic N) is 3. The minimum Gasteiger partial charge on any atom is -0.340 e. The molecular weight excluding hydrogens is 362 g/mol. The van der Waals surface area contributed by atoms with E-state index >= 15 is 0 Å². The summed E-state index contributed by atoms with van der Waals surface area (Å²) >= 11 is 0. The number of fused-ring (bicyclic) bond motifs is 1. The Morgan fingerprint density at radius 3 is 2.45 bits per heavy atom. The third kappa shape index (κ3) is 3.76. The molecule has 0 N–H and O–H groups in total. The number of piperidine rings is 1. The molecule has 0 saturated carbocycles. The first-order valence-electron chi connectivity index (χ1n) is 10.6. The van der Waals surface area contributed by atoms with E-state index in [9.17, 15) is 9.59 Å². The minimum absolute atomic E-state index is 0.0377. The van der Waals surface area contributed by atoms with E-state index in [1.54, 1.807) is 0 Å². The van der Waals surface area contributed by atoms with Gasteiger partial charge in [-0.2, -0.15) is 0 Å². The highest BCUT2D eigenvalue weighted by Gasteiger charge is 2.42. The third-order valence-electron chi connectivity index (χ3n) is 6.58. The van der Waals surface area contributed by atoms with Crippen molar-refractivity contribution in [1.82, 2.24) is 14.4 Å². The number of aromatic nitrogens is 1. The molecule has 2 fully saturated rings. The van der Waals surface area contributed by atoms with E-state index in [0.717, 1.165) is 74.9 Å². The predicted octanol–water partition coefficient (Wildman–Crippen LogP) is 3.44. The average molecular weight is 392 g/mol. The molecule has 2 aromatic rings. The summed E-state index contributed by atoms with van der Waals surface area (Å²) in [6, 6.07) is 10.1. The van der Waals surface area contributed by atoms with E-state index in [1.165, 1.54) is 0 Å². The van der Waals surface area contributed by atoms with Crippen molar-refractivity contribution in [3.63, 3.8) is 0 Å². The molecule has 3 heterocycles. The van der Waals surface area contributed by atoms with Crippen molar-refractivity contribution in [1.29, 1.82) is 0 Å². The summed E-state index contributed by atoms with van der Waals surface area (Å²) in [5.41, 5.74) is 1.98. The first-order valence-corrected chi connectivity index (χ1v) is 10.6. The van der Waals surface area contributed by atoms with Crippen molar-refractivity contribution in [2.45, 2.75) is 39.0 Å². The number of unbranched alkanes of at least 4 members (excludes halogenated alkanes) is 1. The van der Waals surface area contributed by atoms with Gasteiger partial charge in [0.05, 0.1) is 0 Å². The Labute approximate surface area is 172 Å². The van der Waals surface area contributed by atoms with Crippen molar-refractivity contribution in [3.8, 4) is 11.8 Å². The van der Waals surface area contributed by atoms with Gasteiger partial charge >= 0.3 is 0 Å². The maximum atomic E-state index is 13.1. The average Bonchev–Trinajstić information content (AvgIpc) is 3.30. The summed E-state index contributed by atoms with van der Waals surface area (Å²) in [5, 5.41) is 1.10. The van der Waals surface area contributed by atoms with Gasteiger partial charge in [-0.15, -0.1) is 0 Å². The van der Waals surface area contributed by atoms with Gasteiger partial charge in [0.25, 0.3) is 11.8 Å². The summed E-state index contributed by atoms with van der Waals surface area (Å²) in [7, 11) is 1.96. The van der Waals surface area contributed by atoms with Crippen LogP contribution in [0.25, 0.3) is 10.9 Å². The molecule has 2 saturated heterocycles. The maximum Gasteiger partial charge on any atom is 0.298 e. The highest BCUT2D eigenvalue weighted by molar-refractivity contribution is 5.98. The van der Waals surface area contributed by atoms with E-state index < -0.39 is 0 Å². The van der Waals surface area contributed by atoms with Crippen LogP contribution in [0.3, 0.4) is 0 Å². The van der Waals surface area contributed by atoms with Gasteiger partial charge in [-0.05, 0) is 49.2 Å². The normalized spacial score (nSPS) is 18.1. The number of carbonyl (C=O) groups excluding carboxylic acids is 2.